The molecule has 0 atom stereocenters. The van der Waals surface area contributed by atoms with E-state index in [1.807, 2.05) is 12.1 Å². The topological polar surface area (TPSA) is 86.6 Å². The Morgan fingerprint density at radius 3 is 2.29 bits per heavy atom. The number of aromatic nitrogens is 2. The van der Waals surface area contributed by atoms with Crippen molar-refractivity contribution >= 4 is 40.2 Å². The second kappa shape index (κ2) is 12.4. The number of benzene rings is 3. The number of alkyl halides is 3. The number of para-hydroxylation sites is 1. The first-order valence-electron chi connectivity index (χ1n) is 13.6. The van der Waals surface area contributed by atoms with Crippen molar-refractivity contribution in [2.75, 3.05) is 31.1 Å². The first kappa shape index (κ1) is 29.3. The molecule has 0 aliphatic carbocycles. The molecular weight excluding hydrogens is 569 g/mol. The Kier molecular flexibility index (Phi) is 8.63. The number of hydrogen-bond donors (Lipinski definition) is 1. The van der Waals surface area contributed by atoms with Crippen LogP contribution in [0.3, 0.4) is 0 Å². The van der Waals surface area contributed by atoms with Gasteiger partial charge in [-0.3, -0.25) is 9.59 Å². The minimum absolute atomic E-state index is 0.0605. The van der Waals surface area contributed by atoms with Crippen molar-refractivity contribution in [3.05, 3.63) is 88.6 Å². The van der Waals surface area contributed by atoms with Gasteiger partial charge in [0.25, 0.3) is 5.91 Å². The lowest BCUT2D eigenvalue weighted by Gasteiger charge is -2.37. The smallest absolute Gasteiger partial charge is 0.418 e. The molecule has 1 aliphatic rings. The summed E-state index contributed by atoms with van der Waals surface area (Å²) in [6.45, 7) is 1.10. The molecule has 4 aromatic rings. The van der Waals surface area contributed by atoms with Crippen molar-refractivity contribution in [1.82, 2.24) is 14.9 Å². The molecule has 1 amide bonds. The van der Waals surface area contributed by atoms with Crippen LogP contribution in [-0.4, -0.2) is 58.0 Å². The third kappa shape index (κ3) is 6.65. The number of nitrogens with zero attached hydrogens (tertiary/aromatic N) is 4. The van der Waals surface area contributed by atoms with Gasteiger partial charge in [0.2, 0.25) is 0 Å². The van der Waals surface area contributed by atoms with E-state index < -0.39 is 17.7 Å². The molecule has 2 heterocycles. The molecule has 0 unspecified atom stereocenters. The number of rotatable bonds is 8. The van der Waals surface area contributed by atoms with Crippen molar-refractivity contribution in [1.29, 1.82) is 0 Å². The predicted octanol–water partition coefficient (Wildman–Crippen LogP) is 6.73. The number of halogens is 4. The summed E-state index contributed by atoms with van der Waals surface area (Å²) in [6, 6.07) is 17.8. The fourth-order valence-corrected chi connectivity index (χ4v) is 5.25. The van der Waals surface area contributed by atoms with Gasteiger partial charge in [0.1, 0.15) is 0 Å². The molecule has 0 radical (unpaired) electrons. The third-order valence-corrected chi connectivity index (χ3v) is 7.52. The molecule has 11 heteroatoms. The monoisotopic (exact) mass is 596 g/mol. The average Bonchev–Trinajstić information content (AvgIpc) is 2.98. The highest BCUT2D eigenvalue weighted by molar-refractivity contribution is 6.30. The van der Waals surface area contributed by atoms with Gasteiger partial charge in [-0.25, -0.2) is 9.97 Å². The van der Waals surface area contributed by atoms with Crippen molar-refractivity contribution in [3.63, 3.8) is 0 Å². The summed E-state index contributed by atoms with van der Waals surface area (Å²) in [5, 5.41) is 9.58. The Hall–Kier alpha value is -4.18. The fourth-order valence-electron chi connectivity index (χ4n) is 5.13. The lowest BCUT2D eigenvalue weighted by Crippen LogP contribution is -2.49. The van der Waals surface area contributed by atoms with Crippen LogP contribution in [0.1, 0.15) is 40.9 Å². The molecule has 5 rings (SSSR count). The van der Waals surface area contributed by atoms with Crippen LogP contribution in [0.5, 0.6) is 0 Å². The maximum absolute atomic E-state index is 13.5. The van der Waals surface area contributed by atoms with Crippen LogP contribution in [0.2, 0.25) is 5.02 Å². The van der Waals surface area contributed by atoms with E-state index in [0.717, 1.165) is 11.6 Å². The SMILES string of the molecule is O=C(O)CCCCc1nc2cc(C(=O)N3CCN(c4ccccc4C(F)(F)F)CC3)ccc2nc1-c1ccc(Cl)cc1. The molecule has 3 aromatic carbocycles. The maximum atomic E-state index is 13.5. The number of unbranched alkanes of at least 4 members (excludes halogenated alkanes) is 1. The Morgan fingerprint density at radius 1 is 0.881 bits per heavy atom. The lowest BCUT2D eigenvalue weighted by molar-refractivity contribution is -0.138. The van der Waals surface area contributed by atoms with Gasteiger partial charge in [0.15, 0.2) is 0 Å². The van der Waals surface area contributed by atoms with Gasteiger partial charge in [0.05, 0.1) is 28.0 Å². The van der Waals surface area contributed by atoms with E-state index in [2.05, 4.69) is 0 Å². The van der Waals surface area contributed by atoms with E-state index in [1.54, 1.807) is 46.2 Å². The number of anilines is 1. The molecule has 42 heavy (non-hydrogen) atoms. The van der Waals surface area contributed by atoms with E-state index in [1.165, 1.54) is 12.1 Å². The van der Waals surface area contributed by atoms with Gasteiger partial charge >= 0.3 is 12.1 Å². The Bertz CT molecular complexity index is 1600. The maximum Gasteiger partial charge on any atom is 0.418 e. The van der Waals surface area contributed by atoms with Crippen LogP contribution in [0.4, 0.5) is 18.9 Å². The minimum Gasteiger partial charge on any atom is -0.481 e. The van der Waals surface area contributed by atoms with Gasteiger partial charge in [-0.1, -0.05) is 35.9 Å². The number of fused-ring (bicyclic) bond motifs is 1. The van der Waals surface area contributed by atoms with Crippen LogP contribution in [0.15, 0.2) is 66.7 Å². The van der Waals surface area contributed by atoms with Crippen LogP contribution in [0, 0.1) is 0 Å². The summed E-state index contributed by atoms with van der Waals surface area (Å²) in [7, 11) is 0. The van der Waals surface area contributed by atoms with Crippen molar-refractivity contribution < 1.29 is 27.9 Å². The zero-order valence-corrected chi connectivity index (χ0v) is 23.3. The number of piperazine rings is 1. The van der Waals surface area contributed by atoms with Crippen LogP contribution in [0.25, 0.3) is 22.3 Å². The normalized spacial score (nSPS) is 13.9. The number of carbonyl (C=O) groups is 2. The molecule has 1 saturated heterocycles. The molecule has 1 aromatic heterocycles. The molecule has 1 aliphatic heterocycles. The highest BCUT2D eigenvalue weighted by Gasteiger charge is 2.35. The predicted molar refractivity (Wildman–Crippen MR) is 155 cm³/mol. The number of carbonyl (C=O) groups excluding carboxylic acids is 1. The number of aliphatic carboxylic acids is 1. The van der Waals surface area contributed by atoms with Gasteiger partial charge in [-0.05, 0) is 61.7 Å². The highest BCUT2D eigenvalue weighted by Crippen LogP contribution is 2.37. The first-order chi connectivity index (χ1) is 20.1. The van der Waals surface area contributed by atoms with Crippen LogP contribution in [-0.2, 0) is 17.4 Å². The van der Waals surface area contributed by atoms with Gasteiger partial charge in [-0.2, -0.15) is 13.2 Å². The average molecular weight is 597 g/mol. The molecule has 0 spiro atoms. The van der Waals surface area contributed by atoms with Crippen molar-refractivity contribution in [2.45, 2.75) is 31.9 Å². The van der Waals surface area contributed by atoms with Gasteiger partial charge in [0, 0.05) is 54.4 Å². The number of amides is 1. The molecule has 7 nitrogen and oxygen atoms in total. The zero-order valence-electron chi connectivity index (χ0n) is 22.6. The van der Waals surface area contributed by atoms with Gasteiger partial charge in [-0.15, -0.1) is 0 Å². The molecule has 0 saturated carbocycles. The molecule has 1 N–H and O–H groups in total. The number of aryl methyl sites for hydroxylation is 1. The van der Waals surface area contributed by atoms with Gasteiger partial charge < -0.3 is 14.9 Å². The summed E-state index contributed by atoms with van der Waals surface area (Å²) in [6.07, 6.45) is -2.79. The van der Waals surface area contributed by atoms with E-state index in [9.17, 15) is 22.8 Å². The largest absolute Gasteiger partial charge is 0.481 e. The molecule has 218 valence electrons. The lowest BCUT2D eigenvalue weighted by atomic mass is 10.0. The number of carboxylic acid groups (broad SMARTS) is 1. The van der Waals surface area contributed by atoms with Crippen LogP contribution < -0.4 is 4.90 Å². The van der Waals surface area contributed by atoms with Crippen LogP contribution >= 0.6 is 11.6 Å². The van der Waals surface area contributed by atoms with E-state index in [4.69, 9.17) is 26.7 Å². The minimum atomic E-state index is -4.46. The standard InChI is InChI=1S/C31H28ClF3N4O3/c32-22-12-9-20(10-13-22)29-25(6-2-4-8-28(40)41)36-26-19-21(11-14-24(26)37-29)30(42)39-17-15-38(16-18-39)27-7-3-1-5-23(27)31(33,34)35/h1,3,5,7,9-14,19H,2,4,6,8,15-18H2,(H,40,41). The fraction of sp³-hybridized carbons (Fsp3) is 0.290. The summed E-state index contributed by atoms with van der Waals surface area (Å²) in [4.78, 5) is 37.3. The number of carboxylic acids is 1. The second-order valence-corrected chi connectivity index (χ2v) is 10.6. The van der Waals surface area contributed by atoms with E-state index in [-0.39, 0.29) is 44.2 Å². The van der Waals surface area contributed by atoms with Crippen molar-refractivity contribution in [2.24, 2.45) is 0 Å². The van der Waals surface area contributed by atoms with E-state index >= 15 is 0 Å². The summed E-state index contributed by atoms with van der Waals surface area (Å²) in [5.41, 5.74) is 3.16. The quantitative estimate of drug-likeness (QED) is 0.227. The summed E-state index contributed by atoms with van der Waals surface area (Å²) >= 11 is 6.07. The Balaban J connectivity index is 1.36. The number of hydrogen-bond acceptors (Lipinski definition) is 5. The molecular formula is C31H28ClF3N4O3. The molecule has 1 fully saturated rings. The van der Waals surface area contributed by atoms with Crippen molar-refractivity contribution in [3.8, 4) is 11.3 Å². The Labute approximate surface area is 245 Å². The highest BCUT2D eigenvalue weighted by atomic mass is 35.5. The Morgan fingerprint density at radius 2 is 1.60 bits per heavy atom. The summed E-state index contributed by atoms with van der Waals surface area (Å²) in [5.74, 6) is -1.08. The first-order valence-corrected chi connectivity index (χ1v) is 14.0. The second-order valence-electron chi connectivity index (χ2n) is 10.1. The third-order valence-electron chi connectivity index (χ3n) is 7.27. The zero-order chi connectivity index (χ0) is 29.9. The van der Waals surface area contributed by atoms with E-state index in [0.29, 0.717) is 52.3 Å². The summed E-state index contributed by atoms with van der Waals surface area (Å²) < 4.78 is 40.5. The molecule has 0 bridgehead atoms.